The first kappa shape index (κ1) is 17.0. The van der Waals surface area contributed by atoms with E-state index >= 15 is 0 Å². The van der Waals surface area contributed by atoms with Crippen molar-refractivity contribution in [1.82, 2.24) is 10.2 Å². The van der Waals surface area contributed by atoms with Crippen molar-refractivity contribution >= 4 is 40.8 Å². The van der Waals surface area contributed by atoms with Crippen LogP contribution in [0.5, 0.6) is 5.75 Å². The minimum absolute atomic E-state index is 0.213. The normalized spacial score (nSPS) is 10.6. The fraction of sp³-hybridized carbons (Fsp3) is 0.308. The molecule has 0 spiro atoms. The highest BCUT2D eigenvalue weighted by Crippen LogP contribution is 2.28. The molecule has 2 rings (SSSR count). The molecule has 0 aliphatic heterocycles. The quantitative estimate of drug-likeness (QED) is 0.548. The Morgan fingerprint density at radius 3 is 2.59 bits per heavy atom. The lowest BCUT2D eigenvalue weighted by atomic mass is 10.3. The van der Waals surface area contributed by atoms with E-state index in [1.807, 2.05) is 0 Å². The highest BCUT2D eigenvalue weighted by Gasteiger charge is 2.06. The molecule has 0 fully saturated rings. The number of rotatable bonds is 9. The molecule has 1 aromatic heterocycles. The Hall–Kier alpha value is -1.32. The number of thioether (sulfide) groups is 2. The van der Waals surface area contributed by atoms with Crippen molar-refractivity contribution in [1.29, 1.82) is 0 Å². The zero-order valence-electron chi connectivity index (χ0n) is 11.5. The van der Waals surface area contributed by atoms with Crippen LogP contribution in [0.4, 0.5) is 4.39 Å². The molecule has 2 aromatic rings. The van der Waals surface area contributed by atoms with E-state index in [-0.39, 0.29) is 17.5 Å². The summed E-state index contributed by atoms with van der Waals surface area (Å²) in [6.45, 7) is 0.556. The van der Waals surface area contributed by atoms with E-state index in [0.717, 1.165) is 20.9 Å². The van der Waals surface area contributed by atoms with Gasteiger partial charge in [-0.05, 0) is 30.7 Å². The number of aromatic nitrogens is 2. The summed E-state index contributed by atoms with van der Waals surface area (Å²) in [6.07, 6.45) is 0.839. The number of primary amides is 1. The average Bonchev–Trinajstić information content (AvgIpc) is 2.95. The standard InChI is InChI=1S/C13H14FN3O2S3/c14-9-2-4-10(5-3-9)19-6-1-7-20-12-16-17-13(22-12)21-8-11(15)18/h2-5H,1,6-8H2,(H2,15,18). The number of nitrogens with zero attached hydrogens (tertiary/aromatic N) is 2. The highest BCUT2D eigenvalue weighted by atomic mass is 32.2. The maximum atomic E-state index is 12.7. The third-order valence-corrected chi connectivity index (χ3v) is 5.62. The summed E-state index contributed by atoms with van der Waals surface area (Å²) in [5.74, 6) is 1.07. The van der Waals surface area contributed by atoms with Crippen LogP contribution in [-0.2, 0) is 4.79 Å². The van der Waals surface area contributed by atoms with Crippen LogP contribution < -0.4 is 10.5 Å². The highest BCUT2D eigenvalue weighted by molar-refractivity contribution is 8.03. The molecule has 118 valence electrons. The molecule has 0 atom stereocenters. The van der Waals surface area contributed by atoms with Gasteiger partial charge in [-0.3, -0.25) is 4.79 Å². The third-order valence-electron chi connectivity index (χ3n) is 2.32. The Morgan fingerprint density at radius 1 is 1.23 bits per heavy atom. The first-order valence-electron chi connectivity index (χ1n) is 6.39. The summed E-state index contributed by atoms with van der Waals surface area (Å²) in [5, 5.41) is 8.01. The van der Waals surface area contributed by atoms with Gasteiger partial charge in [-0.1, -0.05) is 34.9 Å². The van der Waals surface area contributed by atoms with Crippen molar-refractivity contribution in [2.24, 2.45) is 5.73 Å². The Labute approximate surface area is 139 Å². The lowest BCUT2D eigenvalue weighted by molar-refractivity contribution is -0.115. The topological polar surface area (TPSA) is 78.1 Å². The van der Waals surface area contributed by atoms with Gasteiger partial charge in [0.15, 0.2) is 8.68 Å². The third kappa shape index (κ3) is 6.20. The van der Waals surface area contributed by atoms with E-state index in [1.165, 1.54) is 35.2 Å². The van der Waals surface area contributed by atoms with E-state index < -0.39 is 0 Å². The Morgan fingerprint density at radius 2 is 1.91 bits per heavy atom. The van der Waals surface area contributed by atoms with Gasteiger partial charge in [0.05, 0.1) is 12.4 Å². The molecular weight excluding hydrogens is 345 g/mol. The predicted molar refractivity (Wildman–Crippen MR) is 87.1 cm³/mol. The van der Waals surface area contributed by atoms with Crippen molar-refractivity contribution in [3.05, 3.63) is 30.1 Å². The maximum Gasteiger partial charge on any atom is 0.227 e. The summed E-state index contributed by atoms with van der Waals surface area (Å²) >= 11 is 4.33. The molecule has 0 saturated heterocycles. The van der Waals surface area contributed by atoms with Gasteiger partial charge in [-0.2, -0.15) is 0 Å². The van der Waals surface area contributed by atoms with E-state index in [2.05, 4.69) is 10.2 Å². The van der Waals surface area contributed by atoms with Crippen LogP contribution in [-0.4, -0.2) is 34.2 Å². The summed E-state index contributed by atoms with van der Waals surface area (Å²) < 4.78 is 19.8. The summed E-state index contributed by atoms with van der Waals surface area (Å²) in [6, 6.07) is 5.96. The van der Waals surface area contributed by atoms with Crippen LogP contribution in [0, 0.1) is 5.82 Å². The zero-order chi connectivity index (χ0) is 15.8. The maximum absolute atomic E-state index is 12.7. The lowest BCUT2D eigenvalue weighted by Gasteiger charge is -2.04. The number of nitrogens with two attached hydrogens (primary N) is 1. The number of carbonyl (C=O) groups excluding carboxylic acids is 1. The molecule has 22 heavy (non-hydrogen) atoms. The number of amides is 1. The molecule has 0 bridgehead atoms. The van der Waals surface area contributed by atoms with Gasteiger partial charge in [-0.15, -0.1) is 10.2 Å². The average molecular weight is 359 g/mol. The second-order valence-electron chi connectivity index (χ2n) is 4.09. The number of benzene rings is 1. The van der Waals surface area contributed by atoms with Crippen LogP contribution in [0.2, 0.25) is 0 Å². The van der Waals surface area contributed by atoms with Crippen LogP contribution in [0.15, 0.2) is 32.9 Å². The number of hydrogen-bond donors (Lipinski definition) is 1. The van der Waals surface area contributed by atoms with Gasteiger partial charge in [-0.25, -0.2) is 4.39 Å². The van der Waals surface area contributed by atoms with Crippen molar-refractivity contribution in [3.8, 4) is 5.75 Å². The minimum Gasteiger partial charge on any atom is -0.494 e. The largest absolute Gasteiger partial charge is 0.494 e. The van der Waals surface area contributed by atoms with Crippen molar-refractivity contribution in [2.75, 3.05) is 18.1 Å². The SMILES string of the molecule is NC(=O)CSc1nnc(SCCCOc2ccc(F)cc2)s1. The van der Waals surface area contributed by atoms with Gasteiger partial charge in [0, 0.05) is 5.75 Å². The van der Waals surface area contributed by atoms with E-state index in [4.69, 9.17) is 10.5 Å². The molecule has 0 aliphatic rings. The molecule has 5 nitrogen and oxygen atoms in total. The molecule has 0 radical (unpaired) electrons. The molecule has 0 unspecified atom stereocenters. The number of halogens is 1. The second-order valence-corrected chi connectivity index (χ2v) is 7.64. The lowest BCUT2D eigenvalue weighted by Crippen LogP contribution is -2.12. The number of carbonyl (C=O) groups is 1. The monoisotopic (exact) mass is 359 g/mol. The Bertz CT molecular complexity index is 607. The zero-order valence-corrected chi connectivity index (χ0v) is 14.0. The summed E-state index contributed by atoms with van der Waals surface area (Å²) in [4.78, 5) is 10.7. The molecule has 0 saturated carbocycles. The fourth-order valence-corrected chi connectivity index (χ4v) is 4.13. The van der Waals surface area contributed by atoms with E-state index in [9.17, 15) is 9.18 Å². The van der Waals surface area contributed by atoms with Crippen molar-refractivity contribution in [2.45, 2.75) is 15.1 Å². The Kier molecular flexibility index (Phi) is 6.94. The molecule has 0 aliphatic carbocycles. The number of ether oxygens (including phenoxy) is 1. The van der Waals surface area contributed by atoms with Crippen LogP contribution in [0.1, 0.15) is 6.42 Å². The van der Waals surface area contributed by atoms with Crippen LogP contribution in [0.25, 0.3) is 0 Å². The minimum atomic E-state index is -0.368. The van der Waals surface area contributed by atoms with Gasteiger partial charge >= 0.3 is 0 Å². The van der Waals surface area contributed by atoms with Crippen LogP contribution >= 0.6 is 34.9 Å². The molecule has 1 amide bonds. The molecule has 1 aromatic carbocycles. The van der Waals surface area contributed by atoms with Gasteiger partial charge in [0.25, 0.3) is 0 Å². The predicted octanol–water partition coefficient (Wildman–Crippen LogP) is 2.82. The van der Waals surface area contributed by atoms with Gasteiger partial charge < -0.3 is 10.5 Å². The molecule has 2 N–H and O–H groups in total. The Balaban J connectivity index is 1.62. The molecule has 9 heteroatoms. The van der Waals surface area contributed by atoms with Gasteiger partial charge in [0.2, 0.25) is 5.91 Å². The van der Waals surface area contributed by atoms with Crippen molar-refractivity contribution < 1.29 is 13.9 Å². The summed E-state index contributed by atoms with van der Waals surface area (Å²) in [7, 11) is 0. The van der Waals surface area contributed by atoms with Gasteiger partial charge in [0.1, 0.15) is 11.6 Å². The smallest absolute Gasteiger partial charge is 0.227 e. The first-order chi connectivity index (χ1) is 10.6. The van der Waals surface area contributed by atoms with E-state index in [0.29, 0.717) is 12.4 Å². The molecular formula is C13H14FN3O2S3. The molecule has 1 heterocycles. The van der Waals surface area contributed by atoms with Crippen molar-refractivity contribution in [3.63, 3.8) is 0 Å². The summed E-state index contributed by atoms with van der Waals surface area (Å²) in [5.41, 5.74) is 5.07. The first-order valence-corrected chi connectivity index (χ1v) is 9.18. The van der Waals surface area contributed by atoms with E-state index in [1.54, 1.807) is 23.9 Å². The number of hydrogen-bond acceptors (Lipinski definition) is 7. The second kappa shape index (κ2) is 8.96. The van der Waals surface area contributed by atoms with Crippen LogP contribution in [0.3, 0.4) is 0 Å². The fourth-order valence-electron chi connectivity index (χ4n) is 1.39.